The van der Waals surface area contributed by atoms with Crippen molar-refractivity contribution in [1.82, 2.24) is 10.2 Å². The van der Waals surface area contributed by atoms with Gasteiger partial charge in [0.15, 0.2) is 0 Å². The average Bonchev–Trinajstić information content (AvgIpc) is 2.96. The first-order valence-corrected chi connectivity index (χ1v) is 9.70. The topological polar surface area (TPSA) is 35.6 Å². The Hall–Kier alpha value is -0.910. The third kappa shape index (κ3) is 3.78. The van der Waals surface area contributed by atoms with Crippen LogP contribution in [0.5, 0.6) is 0 Å². The molecule has 0 aromatic heterocycles. The van der Waals surface area contributed by atoms with Crippen LogP contribution in [-0.2, 0) is 4.79 Å². The Kier molecular flexibility index (Phi) is 5.39. The van der Waals surface area contributed by atoms with E-state index in [1.165, 1.54) is 5.69 Å². The number of rotatable bonds is 5. The average molecular weight is 354 g/mol. The molecule has 2 aliphatic heterocycles. The van der Waals surface area contributed by atoms with Crippen molar-refractivity contribution >= 4 is 35.0 Å². The molecule has 1 amide bonds. The molecular weight excluding hydrogens is 330 g/mol. The van der Waals surface area contributed by atoms with Crippen molar-refractivity contribution in [3.05, 3.63) is 29.3 Å². The Balaban J connectivity index is 1.64. The number of hydrogen-bond acceptors (Lipinski definition) is 4. The monoisotopic (exact) mass is 353 g/mol. The van der Waals surface area contributed by atoms with Crippen LogP contribution in [0.1, 0.15) is 26.2 Å². The van der Waals surface area contributed by atoms with E-state index < -0.39 is 0 Å². The second-order valence-electron chi connectivity index (χ2n) is 6.18. The van der Waals surface area contributed by atoms with Crippen LogP contribution in [0.15, 0.2) is 24.3 Å². The second kappa shape index (κ2) is 7.32. The molecule has 0 radical (unpaired) electrons. The summed E-state index contributed by atoms with van der Waals surface area (Å²) in [5.41, 5.74) is 1.22. The number of unbranched alkanes of at least 4 members (excludes halogenated alkanes) is 1. The molecule has 6 heteroatoms. The van der Waals surface area contributed by atoms with Gasteiger partial charge in [-0.3, -0.25) is 9.69 Å². The Morgan fingerprint density at radius 3 is 2.48 bits per heavy atom. The highest BCUT2D eigenvalue weighted by atomic mass is 35.5. The lowest BCUT2D eigenvalue weighted by atomic mass is 10.1. The summed E-state index contributed by atoms with van der Waals surface area (Å²) in [4.78, 5) is 16.5. The zero-order chi connectivity index (χ0) is 16.3. The molecule has 1 aromatic rings. The first-order chi connectivity index (χ1) is 11.1. The Morgan fingerprint density at radius 1 is 1.22 bits per heavy atom. The van der Waals surface area contributed by atoms with Gasteiger partial charge in [-0.25, -0.2) is 0 Å². The van der Waals surface area contributed by atoms with E-state index in [0.29, 0.717) is 5.75 Å². The molecule has 2 fully saturated rings. The van der Waals surface area contributed by atoms with Crippen LogP contribution in [0, 0.1) is 0 Å². The molecule has 4 nitrogen and oxygen atoms in total. The molecule has 0 saturated carbocycles. The molecular formula is C17H24ClN3OS. The normalized spacial score (nSPS) is 25.7. The number of thioether (sulfide) groups is 1. The largest absolute Gasteiger partial charge is 0.369 e. The van der Waals surface area contributed by atoms with Gasteiger partial charge in [0.05, 0.1) is 5.75 Å². The van der Waals surface area contributed by atoms with E-state index in [2.05, 4.69) is 34.2 Å². The molecule has 0 spiro atoms. The van der Waals surface area contributed by atoms with E-state index in [1.54, 1.807) is 11.8 Å². The molecule has 0 bridgehead atoms. The van der Waals surface area contributed by atoms with Gasteiger partial charge in [-0.2, -0.15) is 0 Å². The number of carbonyl (C=O) groups is 1. The van der Waals surface area contributed by atoms with Crippen molar-refractivity contribution in [2.45, 2.75) is 31.2 Å². The molecule has 2 aliphatic rings. The maximum Gasteiger partial charge on any atom is 0.232 e. The van der Waals surface area contributed by atoms with Gasteiger partial charge in [-0.05, 0) is 37.1 Å². The summed E-state index contributed by atoms with van der Waals surface area (Å²) in [7, 11) is 0. The molecule has 23 heavy (non-hydrogen) atoms. The van der Waals surface area contributed by atoms with E-state index >= 15 is 0 Å². The van der Waals surface area contributed by atoms with Crippen LogP contribution in [0.4, 0.5) is 5.69 Å². The highest BCUT2D eigenvalue weighted by molar-refractivity contribution is 8.01. The second-order valence-corrected chi connectivity index (χ2v) is 7.86. The van der Waals surface area contributed by atoms with Gasteiger partial charge in [0.1, 0.15) is 4.99 Å². The Labute approximate surface area is 147 Å². The first kappa shape index (κ1) is 16.9. The van der Waals surface area contributed by atoms with Gasteiger partial charge >= 0.3 is 0 Å². The van der Waals surface area contributed by atoms with Gasteiger partial charge in [0, 0.05) is 36.9 Å². The first-order valence-electron chi connectivity index (χ1n) is 8.33. The number of piperazine rings is 1. The zero-order valence-corrected chi connectivity index (χ0v) is 15.1. The van der Waals surface area contributed by atoms with Gasteiger partial charge in [0.25, 0.3) is 0 Å². The predicted octanol–water partition coefficient (Wildman–Crippen LogP) is 3.17. The third-order valence-corrected chi connectivity index (χ3v) is 6.33. The maximum absolute atomic E-state index is 11.8. The summed E-state index contributed by atoms with van der Waals surface area (Å²) in [6.45, 7) is 6.10. The van der Waals surface area contributed by atoms with Gasteiger partial charge in [-0.1, -0.05) is 24.9 Å². The van der Waals surface area contributed by atoms with Crippen LogP contribution in [0.25, 0.3) is 0 Å². The fourth-order valence-electron chi connectivity index (χ4n) is 3.33. The Morgan fingerprint density at radius 2 is 1.91 bits per heavy atom. The number of hydrogen-bond donors (Lipinski definition) is 1. The van der Waals surface area contributed by atoms with Gasteiger partial charge < -0.3 is 10.2 Å². The third-order valence-electron chi connectivity index (χ3n) is 4.63. The van der Waals surface area contributed by atoms with E-state index in [-0.39, 0.29) is 10.9 Å². The molecule has 1 atom stereocenters. The van der Waals surface area contributed by atoms with Crippen molar-refractivity contribution in [2.24, 2.45) is 0 Å². The maximum atomic E-state index is 11.8. The van der Waals surface area contributed by atoms with Crippen LogP contribution >= 0.6 is 23.4 Å². The molecule has 1 unspecified atom stereocenters. The van der Waals surface area contributed by atoms with Crippen LogP contribution in [0.2, 0.25) is 5.02 Å². The van der Waals surface area contributed by atoms with Crippen LogP contribution in [0.3, 0.4) is 0 Å². The van der Waals surface area contributed by atoms with Crippen molar-refractivity contribution in [1.29, 1.82) is 0 Å². The Bertz CT molecular complexity index is 545. The van der Waals surface area contributed by atoms with Crippen LogP contribution < -0.4 is 10.2 Å². The molecule has 2 heterocycles. The highest BCUT2D eigenvalue weighted by Gasteiger charge is 2.44. The molecule has 126 valence electrons. The van der Waals surface area contributed by atoms with Crippen molar-refractivity contribution in [2.75, 3.05) is 36.8 Å². The molecule has 1 aromatic carbocycles. The number of benzene rings is 1. The van der Waals surface area contributed by atoms with Crippen molar-refractivity contribution < 1.29 is 4.79 Å². The zero-order valence-electron chi connectivity index (χ0n) is 13.6. The summed E-state index contributed by atoms with van der Waals surface area (Å²) in [5.74, 6) is 0.757. The lowest BCUT2D eigenvalue weighted by Gasteiger charge is -2.45. The molecule has 1 N–H and O–H groups in total. The smallest absolute Gasteiger partial charge is 0.232 e. The van der Waals surface area contributed by atoms with Gasteiger partial charge in [-0.15, -0.1) is 11.8 Å². The quantitative estimate of drug-likeness (QED) is 0.882. The number of halogens is 1. The lowest BCUT2D eigenvalue weighted by Crippen LogP contribution is -2.60. The number of amides is 1. The molecule has 3 rings (SSSR count). The predicted molar refractivity (Wildman–Crippen MR) is 98.1 cm³/mol. The SMILES string of the molecule is CCCCC1(N2CCN(c3ccc(Cl)cc3)CC2)NC(=O)CS1. The lowest BCUT2D eigenvalue weighted by molar-refractivity contribution is -0.120. The van der Waals surface area contributed by atoms with E-state index in [4.69, 9.17) is 11.6 Å². The minimum Gasteiger partial charge on any atom is -0.369 e. The van der Waals surface area contributed by atoms with E-state index in [1.807, 2.05) is 12.1 Å². The fourth-order valence-corrected chi connectivity index (χ4v) is 4.74. The van der Waals surface area contributed by atoms with Crippen molar-refractivity contribution in [3.63, 3.8) is 0 Å². The summed E-state index contributed by atoms with van der Waals surface area (Å²) in [6, 6.07) is 8.05. The number of anilines is 1. The summed E-state index contributed by atoms with van der Waals surface area (Å²) in [5, 5.41) is 4.02. The number of nitrogens with one attached hydrogen (secondary N) is 1. The molecule has 2 saturated heterocycles. The minimum absolute atomic E-state index is 0.172. The number of nitrogens with zero attached hydrogens (tertiary/aromatic N) is 2. The minimum atomic E-state index is -0.181. The van der Waals surface area contributed by atoms with Crippen LogP contribution in [-0.4, -0.2) is 47.7 Å². The van der Waals surface area contributed by atoms with Crippen molar-refractivity contribution in [3.8, 4) is 0 Å². The summed E-state index contributed by atoms with van der Waals surface area (Å²) in [6.07, 6.45) is 3.33. The van der Waals surface area contributed by atoms with E-state index in [9.17, 15) is 4.79 Å². The standard InChI is InChI=1S/C17H24ClN3OS/c1-2-3-8-17(19-16(22)13-23-17)21-11-9-20(10-12-21)15-6-4-14(18)5-7-15/h4-7H,2-3,8-13H2,1H3,(H,19,22). The van der Waals surface area contributed by atoms with Gasteiger partial charge in [0.2, 0.25) is 5.91 Å². The summed E-state index contributed by atoms with van der Waals surface area (Å²) >= 11 is 7.74. The fraction of sp³-hybridized carbons (Fsp3) is 0.588. The van der Waals surface area contributed by atoms with E-state index in [0.717, 1.165) is 50.5 Å². The highest BCUT2D eigenvalue weighted by Crippen LogP contribution is 2.37. The number of carbonyl (C=O) groups excluding carboxylic acids is 1. The molecule has 0 aliphatic carbocycles. The summed E-state index contributed by atoms with van der Waals surface area (Å²) < 4.78 is 0.